The zero-order chi connectivity index (χ0) is 11.4. The summed E-state index contributed by atoms with van der Waals surface area (Å²) in [7, 11) is 0. The Kier molecular flexibility index (Phi) is 4.29. The van der Waals surface area contributed by atoms with Crippen molar-refractivity contribution in [1.29, 1.82) is 0 Å². The van der Waals surface area contributed by atoms with Gasteiger partial charge in [0, 0.05) is 10.5 Å². The van der Waals surface area contributed by atoms with Crippen LogP contribution in [-0.4, -0.2) is 17.1 Å². The molecule has 4 heteroatoms. The number of carboxylic acid groups (broad SMARTS) is 1. The van der Waals surface area contributed by atoms with Gasteiger partial charge in [0.05, 0.1) is 0 Å². The number of benzene rings is 1. The number of carboxylic acids is 1. The van der Waals surface area contributed by atoms with Crippen LogP contribution in [0.15, 0.2) is 28.7 Å². The van der Waals surface area contributed by atoms with Crippen molar-refractivity contribution in [1.82, 2.24) is 5.32 Å². The van der Waals surface area contributed by atoms with Crippen molar-refractivity contribution in [2.45, 2.75) is 25.9 Å². The van der Waals surface area contributed by atoms with Crippen molar-refractivity contribution >= 4 is 21.9 Å². The highest BCUT2D eigenvalue weighted by molar-refractivity contribution is 9.10. The number of rotatable bonds is 4. The molecule has 0 bridgehead atoms. The highest BCUT2D eigenvalue weighted by atomic mass is 79.9. The minimum atomic E-state index is -0.834. The first-order valence-electron chi connectivity index (χ1n) is 4.75. The standard InChI is InChI=1S/C11H14BrNO2/c1-7(13-8(2)11(14)15)9-3-5-10(12)6-4-9/h3-8,13H,1-2H3,(H,14,15)/t7-,8?/m0/s1. The summed E-state index contributed by atoms with van der Waals surface area (Å²) in [6.45, 7) is 3.58. The minimum Gasteiger partial charge on any atom is -0.480 e. The summed E-state index contributed by atoms with van der Waals surface area (Å²) >= 11 is 3.35. The quantitative estimate of drug-likeness (QED) is 0.885. The molecule has 1 unspecified atom stereocenters. The van der Waals surface area contributed by atoms with Gasteiger partial charge in [0.15, 0.2) is 0 Å². The van der Waals surface area contributed by atoms with Gasteiger partial charge in [-0.05, 0) is 31.5 Å². The summed E-state index contributed by atoms with van der Waals surface area (Å²) in [5.74, 6) is -0.834. The molecule has 0 radical (unpaired) electrons. The highest BCUT2D eigenvalue weighted by Crippen LogP contribution is 2.16. The van der Waals surface area contributed by atoms with E-state index >= 15 is 0 Å². The fourth-order valence-corrected chi connectivity index (χ4v) is 1.56. The van der Waals surface area contributed by atoms with Gasteiger partial charge in [0.2, 0.25) is 0 Å². The summed E-state index contributed by atoms with van der Waals surface area (Å²) < 4.78 is 1.02. The van der Waals surface area contributed by atoms with Crippen LogP contribution < -0.4 is 5.32 Å². The van der Waals surface area contributed by atoms with Crippen LogP contribution in [0.4, 0.5) is 0 Å². The molecule has 1 aromatic carbocycles. The molecular formula is C11H14BrNO2. The molecule has 3 nitrogen and oxygen atoms in total. The van der Waals surface area contributed by atoms with Crippen molar-refractivity contribution in [3.05, 3.63) is 34.3 Å². The van der Waals surface area contributed by atoms with E-state index in [0.29, 0.717) is 0 Å². The Morgan fingerprint density at radius 1 is 1.33 bits per heavy atom. The maximum Gasteiger partial charge on any atom is 0.320 e. The number of halogens is 1. The van der Waals surface area contributed by atoms with E-state index in [1.54, 1.807) is 6.92 Å². The molecule has 1 rings (SSSR count). The van der Waals surface area contributed by atoms with Crippen LogP contribution in [0.2, 0.25) is 0 Å². The van der Waals surface area contributed by atoms with Crippen molar-refractivity contribution in [2.75, 3.05) is 0 Å². The van der Waals surface area contributed by atoms with Crippen LogP contribution >= 0.6 is 15.9 Å². The van der Waals surface area contributed by atoms with E-state index in [-0.39, 0.29) is 6.04 Å². The lowest BCUT2D eigenvalue weighted by Gasteiger charge is -2.17. The zero-order valence-electron chi connectivity index (χ0n) is 8.70. The van der Waals surface area contributed by atoms with Gasteiger partial charge in [-0.1, -0.05) is 28.1 Å². The van der Waals surface area contributed by atoms with Crippen molar-refractivity contribution < 1.29 is 9.90 Å². The smallest absolute Gasteiger partial charge is 0.320 e. The average molecular weight is 272 g/mol. The van der Waals surface area contributed by atoms with Gasteiger partial charge in [-0.25, -0.2) is 0 Å². The van der Waals surface area contributed by atoms with Crippen LogP contribution in [0.25, 0.3) is 0 Å². The summed E-state index contributed by atoms with van der Waals surface area (Å²) in [6.07, 6.45) is 0. The van der Waals surface area contributed by atoms with E-state index in [0.717, 1.165) is 10.0 Å². The van der Waals surface area contributed by atoms with Crippen LogP contribution in [0.1, 0.15) is 25.5 Å². The molecule has 0 aliphatic carbocycles. The van der Waals surface area contributed by atoms with Crippen LogP contribution in [0.5, 0.6) is 0 Å². The normalized spacial score (nSPS) is 14.6. The van der Waals surface area contributed by atoms with Gasteiger partial charge < -0.3 is 5.11 Å². The van der Waals surface area contributed by atoms with Crippen molar-refractivity contribution in [2.24, 2.45) is 0 Å². The van der Waals surface area contributed by atoms with Crippen LogP contribution in [-0.2, 0) is 4.79 Å². The molecule has 0 amide bonds. The monoisotopic (exact) mass is 271 g/mol. The summed E-state index contributed by atoms with van der Waals surface area (Å²) in [5, 5.41) is 11.8. The van der Waals surface area contributed by atoms with Gasteiger partial charge in [-0.15, -0.1) is 0 Å². The van der Waals surface area contributed by atoms with Crippen LogP contribution in [0, 0.1) is 0 Å². The largest absolute Gasteiger partial charge is 0.480 e. The molecule has 0 aliphatic heterocycles. The second kappa shape index (κ2) is 5.28. The number of aliphatic carboxylic acids is 1. The number of hydrogen-bond donors (Lipinski definition) is 2. The first-order valence-corrected chi connectivity index (χ1v) is 5.54. The average Bonchev–Trinajstić information content (AvgIpc) is 2.18. The molecule has 1 aromatic rings. The van der Waals surface area contributed by atoms with Crippen molar-refractivity contribution in [3.8, 4) is 0 Å². The molecule has 2 N–H and O–H groups in total. The Hall–Kier alpha value is -0.870. The van der Waals surface area contributed by atoms with E-state index < -0.39 is 12.0 Å². The molecule has 0 spiro atoms. The Morgan fingerprint density at radius 2 is 1.87 bits per heavy atom. The number of nitrogens with one attached hydrogen (secondary N) is 1. The third-order valence-electron chi connectivity index (χ3n) is 2.24. The predicted octanol–water partition coefficient (Wildman–Crippen LogP) is 2.57. The Labute approximate surface area is 97.6 Å². The number of carbonyl (C=O) groups is 1. The summed E-state index contributed by atoms with van der Waals surface area (Å²) in [6, 6.07) is 7.32. The molecule has 0 fully saturated rings. The SMILES string of the molecule is CC(N[C@@H](C)c1ccc(Br)cc1)C(=O)O. The van der Waals surface area contributed by atoms with E-state index in [1.165, 1.54) is 0 Å². The fourth-order valence-electron chi connectivity index (χ4n) is 1.29. The summed E-state index contributed by atoms with van der Waals surface area (Å²) in [5.41, 5.74) is 1.08. The predicted molar refractivity (Wildman–Crippen MR) is 62.8 cm³/mol. The first-order chi connectivity index (χ1) is 7.00. The second-order valence-corrected chi connectivity index (χ2v) is 4.42. The van der Waals surface area contributed by atoms with E-state index in [4.69, 9.17) is 5.11 Å². The first kappa shape index (κ1) is 12.2. The number of hydrogen-bond acceptors (Lipinski definition) is 2. The van der Waals surface area contributed by atoms with Crippen molar-refractivity contribution in [3.63, 3.8) is 0 Å². The molecule has 0 saturated heterocycles. The van der Waals surface area contributed by atoms with Gasteiger partial charge in [-0.3, -0.25) is 10.1 Å². The lowest BCUT2D eigenvalue weighted by atomic mass is 10.1. The molecule has 0 aromatic heterocycles. The van der Waals surface area contributed by atoms with Crippen LogP contribution in [0.3, 0.4) is 0 Å². The second-order valence-electron chi connectivity index (χ2n) is 3.50. The third-order valence-corrected chi connectivity index (χ3v) is 2.77. The maximum atomic E-state index is 10.7. The minimum absolute atomic E-state index is 0.0317. The van der Waals surface area contributed by atoms with E-state index in [9.17, 15) is 4.79 Å². The highest BCUT2D eigenvalue weighted by Gasteiger charge is 2.14. The molecule has 82 valence electrons. The Balaban J connectivity index is 2.64. The molecule has 0 aliphatic rings. The maximum absolute atomic E-state index is 10.7. The fraction of sp³-hybridized carbons (Fsp3) is 0.364. The lowest BCUT2D eigenvalue weighted by molar-refractivity contribution is -0.139. The molecule has 15 heavy (non-hydrogen) atoms. The lowest BCUT2D eigenvalue weighted by Crippen LogP contribution is -2.35. The van der Waals surface area contributed by atoms with Gasteiger partial charge in [0.25, 0.3) is 0 Å². The van der Waals surface area contributed by atoms with Gasteiger partial charge in [0.1, 0.15) is 6.04 Å². The molecular weight excluding hydrogens is 258 g/mol. The van der Waals surface area contributed by atoms with Gasteiger partial charge in [-0.2, -0.15) is 0 Å². The molecule has 2 atom stereocenters. The molecule has 0 heterocycles. The Bertz CT molecular complexity index is 337. The zero-order valence-corrected chi connectivity index (χ0v) is 10.3. The topological polar surface area (TPSA) is 49.3 Å². The van der Waals surface area contributed by atoms with E-state index in [2.05, 4.69) is 21.2 Å². The molecule has 0 saturated carbocycles. The Morgan fingerprint density at radius 3 is 2.33 bits per heavy atom. The third kappa shape index (κ3) is 3.64. The van der Waals surface area contributed by atoms with E-state index in [1.807, 2.05) is 31.2 Å². The summed E-state index contributed by atoms with van der Waals surface area (Å²) in [4.78, 5) is 10.7. The van der Waals surface area contributed by atoms with Gasteiger partial charge >= 0.3 is 5.97 Å².